The maximum atomic E-state index is 9.36. The maximum absolute atomic E-state index is 9.36. The molecule has 0 aliphatic carbocycles. The Morgan fingerprint density at radius 1 is 0.500 bits per heavy atom. The molecule has 0 bridgehead atoms. The van der Waals surface area contributed by atoms with Crippen molar-refractivity contribution in [3.63, 3.8) is 0 Å². The molecule has 0 radical (unpaired) electrons. The third kappa shape index (κ3) is 52.5. The molecule has 0 spiro atoms. The van der Waals surface area contributed by atoms with E-state index in [1.165, 1.54) is 0 Å². The SMILES string of the molecule is O.[Li+].[Li+].[Li+].[Li+].[Li+].[Li+].[O-][Si]([O-])([O-])O[Si]([O-])([O-])[O-]. The largest absolute Gasteiger partial charge is 1.00 e. The van der Waals surface area contributed by atoms with Gasteiger partial charge in [-0.05, 0) is 0 Å². The van der Waals surface area contributed by atoms with Gasteiger partial charge in [-0.1, -0.05) is 0 Å². The van der Waals surface area contributed by atoms with Crippen molar-refractivity contribution in [2.24, 2.45) is 0 Å². The summed E-state index contributed by atoms with van der Waals surface area (Å²) < 4.78 is 2.57. The molecular weight excluding hydrogens is 226 g/mol. The molecule has 0 saturated heterocycles. The van der Waals surface area contributed by atoms with E-state index in [4.69, 9.17) is 0 Å². The van der Waals surface area contributed by atoms with Crippen LogP contribution < -0.4 is 142 Å². The minimum Gasteiger partial charge on any atom is -0.862 e. The first-order valence-electron chi connectivity index (χ1n) is 1.63. The molecule has 0 heterocycles. The Morgan fingerprint density at radius 3 is 0.625 bits per heavy atom. The van der Waals surface area contributed by atoms with Crippen LogP contribution in [0, 0.1) is 0 Å². The van der Waals surface area contributed by atoms with Gasteiger partial charge < -0.3 is 38.4 Å². The van der Waals surface area contributed by atoms with Crippen LogP contribution in [0.15, 0.2) is 0 Å². The minimum absolute atomic E-state index is 0. The smallest absolute Gasteiger partial charge is 0.862 e. The topological polar surface area (TPSA) is 179 Å². The van der Waals surface area contributed by atoms with Crippen LogP contribution in [0.4, 0.5) is 0 Å². The van der Waals surface area contributed by atoms with Crippen molar-refractivity contribution in [1.29, 1.82) is 0 Å². The summed E-state index contributed by atoms with van der Waals surface area (Å²) in [6, 6.07) is 0. The average molecular weight is 228 g/mol. The van der Waals surface area contributed by atoms with Gasteiger partial charge in [-0.15, -0.1) is 18.1 Å². The van der Waals surface area contributed by atoms with E-state index >= 15 is 0 Å². The van der Waals surface area contributed by atoms with Crippen LogP contribution in [-0.2, 0) is 4.12 Å². The second-order valence-corrected chi connectivity index (χ2v) is 3.92. The van der Waals surface area contributed by atoms with Gasteiger partial charge in [-0.3, -0.25) is 0 Å². The van der Waals surface area contributed by atoms with Crippen molar-refractivity contribution in [2.75, 3.05) is 0 Å². The van der Waals surface area contributed by atoms with Crippen LogP contribution in [-0.4, -0.2) is 23.6 Å². The Morgan fingerprint density at radius 2 is 0.625 bits per heavy atom. The fourth-order valence-electron chi connectivity index (χ4n) is 0.153. The van der Waals surface area contributed by atoms with Gasteiger partial charge in [-0.25, -0.2) is 0 Å². The predicted octanol–water partition coefficient (Wildman–Crippen LogP) is -26.8. The maximum Gasteiger partial charge on any atom is 1.00 e. The van der Waals surface area contributed by atoms with E-state index in [-0.39, 0.29) is 119 Å². The molecule has 0 aromatic carbocycles. The molecule has 16 heteroatoms. The van der Waals surface area contributed by atoms with Gasteiger partial charge in [0.1, 0.15) is 0 Å². The van der Waals surface area contributed by atoms with Crippen LogP contribution in [0.1, 0.15) is 0 Å². The zero-order valence-corrected chi connectivity index (χ0v) is 12.4. The predicted molar refractivity (Wildman–Crippen MR) is 16.2 cm³/mol. The van der Waals surface area contributed by atoms with Crippen LogP contribution >= 0.6 is 0 Å². The summed E-state index contributed by atoms with van der Waals surface area (Å²) in [7, 11) is -11.8. The van der Waals surface area contributed by atoms with Gasteiger partial charge >= 0.3 is 113 Å². The third-order valence-corrected chi connectivity index (χ3v) is 2.25. The standard InChI is InChI=1S/6Li.O7Si2.H2O/c;;;;;;1-8(2,3)7-9(4,5)6;/h;;;;;;;1H2/q6*+1;-6;. The summed E-state index contributed by atoms with van der Waals surface area (Å²) >= 11 is 0. The summed E-state index contributed by atoms with van der Waals surface area (Å²) in [6.07, 6.45) is 0. The van der Waals surface area contributed by atoms with Crippen molar-refractivity contribution in [3.05, 3.63) is 0 Å². The zero-order valence-electron chi connectivity index (χ0n) is 10.4. The second-order valence-electron chi connectivity index (χ2n) is 1.10. The summed E-state index contributed by atoms with van der Waals surface area (Å²) in [5, 5.41) is 0. The van der Waals surface area contributed by atoms with E-state index in [1.54, 1.807) is 0 Å². The van der Waals surface area contributed by atoms with E-state index in [0.717, 1.165) is 0 Å². The average Bonchev–Trinajstić information content (AvgIpc) is 1.14. The second kappa shape index (κ2) is 21.0. The summed E-state index contributed by atoms with van der Waals surface area (Å²) in [6.45, 7) is 0. The Balaban J connectivity index is -0.0000000152. The Kier molecular flexibility index (Phi) is 66.1. The minimum atomic E-state index is -5.92. The zero-order chi connectivity index (χ0) is 7.71. The quantitative estimate of drug-likeness (QED) is 0.420. The molecule has 0 amide bonds. The fourth-order valence-corrected chi connectivity index (χ4v) is 1.38. The molecule has 16 heavy (non-hydrogen) atoms. The number of hydrogen-bond donors (Lipinski definition) is 0. The van der Waals surface area contributed by atoms with Gasteiger partial charge in [0, 0.05) is 0 Å². The molecule has 0 rings (SSSR count). The van der Waals surface area contributed by atoms with E-state index in [2.05, 4.69) is 4.12 Å². The molecule has 2 N–H and O–H groups in total. The molecule has 0 aliphatic heterocycles. The first-order chi connectivity index (χ1) is 3.71. The Hall–Kier alpha value is 3.70. The molecule has 8 nitrogen and oxygen atoms in total. The molecule has 64 valence electrons. The number of hydrogen-bond acceptors (Lipinski definition) is 7. The van der Waals surface area contributed by atoms with E-state index in [9.17, 15) is 28.8 Å². The fraction of sp³-hybridized carbons (Fsp3) is 0. The molecule has 0 aromatic rings. The van der Waals surface area contributed by atoms with Gasteiger partial charge in [-0.2, -0.15) is 0 Å². The Labute approximate surface area is 167 Å². The van der Waals surface area contributed by atoms with Gasteiger partial charge in [0.2, 0.25) is 0 Å². The molecule has 0 fully saturated rings. The molecule has 0 atom stereocenters. The van der Waals surface area contributed by atoms with E-state index in [0.29, 0.717) is 0 Å². The Bertz CT molecular complexity index is 87.7. The van der Waals surface area contributed by atoms with Crippen LogP contribution in [0.5, 0.6) is 0 Å². The summed E-state index contributed by atoms with van der Waals surface area (Å²) in [5.41, 5.74) is 0. The molecule has 0 unspecified atom stereocenters. The summed E-state index contributed by atoms with van der Waals surface area (Å²) in [5.74, 6) is 0. The normalized spacial score (nSPS) is 7.88. The molecule has 0 aromatic heterocycles. The number of rotatable bonds is 2. The van der Waals surface area contributed by atoms with E-state index in [1.807, 2.05) is 0 Å². The summed E-state index contributed by atoms with van der Waals surface area (Å²) in [4.78, 5) is 56.2. The van der Waals surface area contributed by atoms with Crippen LogP contribution in [0.25, 0.3) is 0 Å². The van der Waals surface area contributed by atoms with Crippen molar-refractivity contribution >= 4 is 18.1 Å². The molecule has 0 saturated carbocycles. The van der Waals surface area contributed by atoms with Crippen molar-refractivity contribution < 1.29 is 152 Å². The first kappa shape index (κ1) is 50.3. The van der Waals surface area contributed by atoms with Crippen molar-refractivity contribution in [2.45, 2.75) is 0 Å². The monoisotopic (exact) mass is 228 g/mol. The molecular formula is H2Li6O8Si2. The third-order valence-electron chi connectivity index (χ3n) is 0.250. The van der Waals surface area contributed by atoms with Gasteiger partial charge in [0.25, 0.3) is 0 Å². The van der Waals surface area contributed by atoms with Crippen molar-refractivity contribution in [3.8, 4) is 0 Å². The van der Waals surface area contributed by atoms with Crippen LogP contribution in [0.2, 0.25) is 0 Å². The van der Waals surface area contributed by atoms with Gasteiger partial charge in [0.15, 0.2) is 0 Å². The van der Waals surface area contributed by atoms with Gasteiger partial charge in [0.05, 0.1) is 0 Å². The first-order valence-corrected chi connectivity index (χ1v) is 4.90. The molecule has 0 aliphatic rings. The van der Waals surface area contributed by atoms with E-state index < -0.39 is 18.1 Å². The van der Waals surface area contributed by atoms with Crippen LogP contribution in [0.3, 0.4) is 0 Å². The van der Waals surface area contributed by atoms with Crippen molar-refractivity contribution in [1.82, 2.24) is 0 Å².